The molecular weight excluding hydrogens is 223 g/mol. The predicted octanol–water partition coefficient (Wildman–Crippen LogP) is 2.46. The van der Waals surface area contributed by atoms with Crippen LogP contribution >= 0.6 is 0 Å². The highest BCUT2D eigenvalue weighted by molar-refractivity contribution is 5.73. The molecule has 2 rings (SSSR count). The molecule has 0 saturated carbocycles. The molecular formula is C10H11FN6. The van der Waals surface area contributed by atoms with E-state index in [-0.39, 0.29) is 11.3 Å². The van der Waals surface area contributed by atoms with Crippen LogP contribution in [0.25, 0.3) is 0 Å². The van der Waals surface area contributed by atoms with E-state index in [1.807, 2.05) is 0 Å². The van der Waals surface area contributed by atoms with Gasteiger partial charge in [0, 0.05) is 11.6 Å². The third kappa shape index (κ3) is 2.22. The van der Waals surface area contributed by atoms with E-state index in [9.17, 15) is 4.39 Å². The summed E-state index contributed by atoms with van der Waals surface area (Å²) >= 11 is 0. The molecule has 0 amide bonds. The number of hydrogen-bond donors (Lipinski definition) is 3. The lowest BCUT2D eigenvalue weighted by Crippen LogP contribution is -1.98. The van der Waals surface area contributed by atoms with Crippen molar-refractivity contribution in [1.82, 2.24) is 10.2 Å². The quantitative estimate of drug-likeness (QED) is 0.561. The fraction of sp³-hybridized carbons (Fsp3) is 0.100. The molecule has 5 N–H and O–H groups in total. The number of hydrogen-bond acceptors (Lipinski definition) is 5. The van der Waals surface area contributed by atoms with Crippen LogP contribution in [0.4, 0.5) is 27.3 Å². The Labute approximate surface area is 96.5 Å². The van der Waals surface area contributed by atoms with Gasteiger partial charge in [-0.1, -0.05) is 0 Å². The summed E-state index contributed by atoms with van der Waals surface area (Å²) in [6.45, 7) is -0.742. The zero-order chi connectivity index (χ0) is 12.3. The Morgan fingerprint density at radius 1 is 1.24 bits per heavy atom. The SMILES string of the molecule is Nc1ccc(N=Nc2ccn[nH]2)c(CF)c1N. The fourth-order valence-electron chi connectivity index (χ4n) is 1.32. The number of rotatable bonds is 3. The van der Waals surface area contributed by atoms with Crippen molar-refractivity contribution in [2.24, 2.45) is 10.2 Å². The summed E-state index contributed by atoms with van der Waals surface area (Å²) in [7, 11) is 0. The Bertz CT molecular complexity index is 534. The summed E-state index contributed by atoms with van der Waals surface area (Å²) in [4.78, 5) is 0. The van der Waals surface area contributed by atoms with E-state index in [1.54, 1.807) is 24.4 Å². The van der Waals surface area contributed by atoms with Gasteiger partial charge in [0.05, 0.1) is 23.3 Å². The molecule has 6 nitrogen and oxygen atoms in total. The van der Waals surface area contributed by atoms with Gasteiger partial charge >= 0.3 is 0 Å². The third-order valence-electron chi connectivity index (χ3n) is 2.25. The Balaban J connectivity index is 2.36. The number of azo groups is 1. The maximum atomic E-state index is 12.8. The number of aromatic nitrogens is 2. The van der Waals surface area contributed by atoms with Crippen LogP contribution in [-0.4, -0.2) is 10.2 Å². The van der Waals surface area contributed by atoms with Crippen LogP contribution in [0.1, 0.15) is 5.56 Å². The van der Waals surface area contributed by atoms with Gasteiger partial charge in [0.25, 0.3) is 0 Å². The average molecular weight is 234 g/mol. The molecule has 2 aromatic rings. The van der Waals surface area contributed by atoms with E-state index in [4.69, 9.17) is 11.5 Å². The molecule has 1 heterocycles. The van der Waals surface area contributed by atoms with Gasteiger partial charge in [-0.3, -0.25) is 5.10 Å². The maximum absolute atomic E-state index is 12.8. The van der Waals surface area contributed by atoms with Crippen molar-refractivity contribution in [3.8, 4) is 0 Å². The molecule has 0 bridgehead atoms. The molecule has 0 unspecified atom stereocenters. The summed E-state index contributed by atoms with van der Waals surface area (Å²) in [6, 6.07) is 4.77. The number of benzene rings is 1. The molecule has 0 radical (unpaired) electrons. The number of anilines is 2. The molecule has 0 saturated heterocycles. The summed E-state index contributed by atoms with van der Waals surface area (Å²) in [5.74, 6) is 0.477. The molecule has 1 aromatic heterocycles. The van der Waals surface area contributed by atoms with Gasteiger partial charge in [-0.25, -0.2) is 4.39 Å². The smallest absolute Gasteiger partial charge is 0.170 e. The van der Waals surface area contributed by atoms with E-state index in [0.29, 0.717) is 17.2 Å². The Morgan fingerprint density at radius 2 is 2.06 bits per heavy atom. The third-order valence-corrected chi connectivity index (χ3v) is 2.25. The Morgan fingerprint density at radius 3 is 2.71 bits per heavy atom. The Hall–Kier alpha value is -2.44. The van der Waals surface area contributed by atoms with Crippen molar-refractivity contribution in [1.29, 1.82) is 0 Å². The minimum atomic E-state index is -0.742. The van der Waals surface area contributed by atoms with E-state index >= 15 is 0 Å². The van der Waals surface area contributed by atoms with Crippen molar-refractivity contribution in [3.63, 3.8) is 0 Å². The molecule has 7 heteroatoms. The fourth-order valence-corrected chi connectivity index (χ4v) is 1.32. The van der Waals surface area contributed by atoms with Gasteiger partial charge in [-0.2, -0.15) is 5.10 Å². The summed E-state index contributed by atoms with van der Waals surface area (Å²) in [5.41, 5.74) is 12.4. The zero-order valence-corrected chi connectivity index (χ0v) is 8.89. The number of nitrogens with one attached hydrogen (secondary N) is 1. The number of nitrogens with two attached hydrogens (primary N) is 2. The lowest BCUT2D eigenvalue weighted by molar-refractivity contribution is 0.487. The summed E-state index contributed by atoms with van der Waals surface area (Å²) in [6.07, 6.45) is 1.54. The zero-order valence-electron chi connectivity index (χ0n) is 8.89. The van der Waals surface area contributed by atoms with E-state index < -0.39 is 6.67 Å². The first kappa shape index (κ1) is 11.1. The number of alkyl halides is 1. The van der Waals surface area contributed by atoms with Crippen LogP contribution in [0.15, 0.2) is 34.6 Å². The van der Waals surface area contributed by atoms with Gasteiger partial charge in [-0.05, 0) is 12.1 Å². The van der Waals surface area contributed by atoms with Crippen LogP contribution in [0.2, 0.25) is 0 Å². The van der Waals surface area contributed by atoms with Crippen LogP contribution in [0.5, 0.6) is 0 Å². The van der Waals surface area contributed by atoms with Gasteiger partial charge < -0.3 is 11.5 Å². The highest BCUT2D eigenvalue weighted by atomic mass is 19.1. The molecule has 0 atom stereocenters. The van der Waals surface area contributed by atoms with E-state index in [0.717, 1.165) is 0 Å². The largest absolute Gasteiger partial charge is 0.397 e. The van der Waals surface area contributed by atoms with Crippen molar-refractivity contribution >= 4 is 22.9 Å². The van der Waals surface area contributed by atoms with Crippen LogP contribution in [-0.2, 0) is 6.67 Å². The van der Waals surface area contributed by atoms with Gasteiger partial charge in [0.1, 0.15) is 6.67 Å². The Kier molecular flexibility index (Phi) is 2.99. The van der Waals surface area contributed by atoms with Crippen molar-refractivity contribution in [2.75, 3.05) is 11.5 Å². The number of nitrogens with zero attached hydrogens (tertiary/aromatic N) is 3. The number of H-pyrrole nitrogens is 1. The molecule has 0 fully saturated rings. The molecule has 88 valence electrons. The molecule has 1 aromatic carbocycles. The lowest BCUT2D eigenvalue weighted by Gasteiger charge is -2.06. The number of halogens is 1. The second-order valence-electron chi connectivity index (χ2n) is 3.34. The second kappa shape index (κ2) is 4.60. The van der Waals surface area contributed by atoms with Crippen LogP contribution in [0, 0.1) is 0 Å². The second-order valence-corrected chi connectivity index (χ2v) is 3.34. The average Bonchev–Trinajstić information content (AvgIpc) is 2.83. The number of nitrogen functional groups attached to an aromatic ring is 2. The number of aromatic amines is 1. The molecule has 17 heavy (non-hydrogen) atoms. The summed E-state index contributed by atoms with van der Waals surface area (Å²) < 4.78 is 12.8. The lowest BCUT2D eigenvalue weighted by atomic mass is 10.1. The first-order valence-electron chi connectivity index (χ1n) is 4.86. The van der Waals surface area contributed by atoms with Crippen LogP contribution in [0.3, 0.4) is 0 Å². The van der Waals surface area contributed by atoms with Gasteiger partial charge in [0.15, 0.2) is 5.82 Å². The maximum Gasteiger partial charge on any atom is 0.170 e. The first-order chi connectivity index (χ1) is 8.22. The van der Waals surface area contributed by atoms with Crippen LogP contribution < -0.4 is 11.5 Å². The van der Waals surface area contributed by atoms with E-state index in [2.05, 4.69) is 20.4 Å². The minimum absolute atomic E-state index is 0.202. The monoisotopic (exact) mass is 234 g/mol. The summed E-state index contributed by atoms with van der Waals surface area (Å²) in [5, 5.41) is 14.1. The van der Waals surface area contributed by atoms with Gasteiger partial charge in [0.2, 0.25) is 0 Å². The molecule has 0 spiro atoms. The normalized spacial score (nSPS) is 11.1. The topological polar surface area (TPSA) is 105 Å². The van der Waals surface area contributed by atoms with Crippen molar-refractivity contribution in [3.05, 3.63) is 30.0 Å². The van der Waals surface area contributed by atoms with Crippen molar-refractivity contribution in [2.45, 2.75) is 6.67 Å². The van der Waals surface area contributed by atoms with E-state index in [1.165, 1.54) is 0 Å². The standard InChI is InChI=1S/C10H11FN6/c11-5-6-8(2-1-7(12)10(6)13)15-17-9-3-4-14-16-9/h1-4H,5,12-13H2,(H,14,16). The van der Waals surface area contributed by atoms with Crippen molar-refractivity contribution < 1.29 is 4.39 Å². The first-order valence-corrected chi connectivity index (χ1v) is 4.86. The highest BCUT2D eigenvalue weighted by Gasteiger charge is 2.08. The predicted molar refractivity (Wildman–Crippen MR) is 62.8 cm³/mol. The molecule has 0 aliphatic rings. The molecule has 0 aliphatic heterocycles. The molecule has 0 aliphatic carbocycles. The van der Waals surface area contributed by atoms with Gasteiger partial charge in [-0.15, -0.1) is 10.2 Å². The highest BCUT2D eigenvalue weighted by Crippen LogP contribution is 2.31. The minimum Gasteiger partial charge on any atom is -0.397 e.